The molecular formula is C20H15Br2N3O2. The van der Waals surface area contributed by atoms with Crippen LogP contribution in [0.1, 0.15) is 18.3 Å². The molecule has 0 unspecified atom stereocenters. The number of terminal acetylenes is 1. The van der Waals surface area contributed by atoms with Crippen molar-refractivity contribution in [2.45, 2.75) is 13.3 Å². The molecule has 0 saturated carbocycles. The number of aryl methyl sites for hydroxylation is 1. The number of halogens is 2. The number of fused-ring (bicyclic) bond motifs is 1. The lowest BCUT2D eigenvalue weighted by molar-refractivity contribution is 0.370. The summed E-state index contributed by atoms with van der Waals surface area (Å²) in [5.74, 6) is 3.60. The average Bonchev–Trinajstić information content (AvgIpc) is 2.66. The number of rotatable bonds is 5. The van der Waals surface area contributed by atoms with Gasteiger partial charge in [0, 0.05) is 20.9 Å². The Balaban J connectivity index is 2.11. The quantitative estimate of drug-likeness (QED) is 0.395. The number of hydrogen-bond acceptors (Lipinski definition) is 4. The predicted molar refractivity (Wildman–Crippen MR) is 115 cm³/mol. The first kappa shape index (κ1) is 19.3. The summed E-state index contributed by atoms with van der Waals surface area (Å²) in [6, 6.07) is 10.9. The van der Waals surface area contributed by atoms with Gasteiger partial charge in [0.2, 0.25) is 0 Å². The van der Waals surface area contributed by atoms with Gasteiger partial charge in [-0.1, -0.05) is 44.7 Å². The van der Waals surface area contributed by atoms with Gasteiger partial charge in [0.25, 0.3) is 5.56 Å². The van der Waals surface area contributed by atoms with Crippen molar-refractivity contribution in [1.82, 2.24) is 9.66 Å². The van der Waals surface area contributed by atoms with E-state index in [1.807, 2.05) is 31.2 Å². The van der Waals surface area contributed by atoms with Gasteiger partial charge in [-0.05, 0) is 36.4 Å². The first-order chi connectivity index (χ1) is 13.0. The lowest BCUT2D eigenvalue weighted by Crippen LogP contribution is -2.22. The van der Waals surface area contributed by atoms with E-state index in [1.165, 1.54) is 4.68 Å². The minimum absolute atomic E-state index is 0.147. The molecule has 5 nitrogen and oxygen atoms in total. The number of nitrogens with zero attached hydrogens (tertiary/aromatic N) is 3. The fourth-order valence-corrected chi connectivity index (χ4v) is 3.27. The fourth-order valence-electron chi connectivity index (χ4n) is 2.53. The van der Waals surface area contributed by atoms with Crippen molar-refractivity contribution in [3.05, 3.63) is 67.1 Å². The van der Waals surface area contributed by atoms with Crippen molar-refractivity contribution < 1.29 is 4.74 Å². The van der Waals surface area contributed by atoms with Gasteiger partial charge in [0.15, 0.2) is 0 Å². The number of aromatic nitrogens is 2. The van der Waals surface area contributed by atoms with Crippen molar-refractivity contribution in [3.8, 4) is 18.1 Å². The third kappa shape index (κ3) is 4.29. The van der Waals surface area contributed by atoms with Gasteiger partial charge in [-0.15, -0.1) is 6.42 Å². The van der Waals surface area contributed by atoms with Crippen LogP contribution >= 0.6 is 31.9 Å². The summed E-state index contributed by atoms with van der Waals surface area (Å²) >= 11 is 6.82. The highest BCUT2D eigenvalue weighted by Crippen LogP contribution is 2.22. The molecule has 2 aromatic carbocycles. The van der Waals surface area contributed by atoms with Crippen LogP contribution in [-0.4, -0.2) is 22.5 Å². The predicted octanol–water partition coefficient (Wildman–Crippen LogP) is 4.38. The molecule has 0 saturated heterocycles. The first-order valence-corrected chi connectivity index (χ1v) is 9.73. The van der Waals surface area contributed by atoms with Gasteiger partial charge < -0.3 is 4.74 Å². The standard InChI is InChI=1S/C20H15Br2N3O2/c1-3-9-27-18-8-6-14(21)10-13(18)12-23-25-19(4-2)24-17-7-5-15(22)11-16(17)20(25)26/h1,5-8,10-12H,4,9H2,2H3. The SMILES string of the molecule is C#CCOc1ccc(Br)cc1C=Nn1c(CC)nc2ccc(Br)cc2c1=O. The maximum absolute atomic E-state index is 12.9. The third-order valence-electron chi connectivity index (χ3n) is 3.79. The molecule has 1 heterocycles. The summed E-state index contributed by atoms with van der Waals surface area (Å²) in [5.41, 5.74) is 1.12. The largest absolute Gasteiger partial charge is 0.480 e. The monoisotopic (exact) mass is 487 g/mol. The molecular weight excluding hydrogens is 474 g/mol. The molecule has 0 radical (unpaired) electrons. The van der Waals surface area contributed by atoms with Crippen LogP contribution in [0.25, 0.3) is 10.9 Å². The molecule has 3 rings (SSSR count). The van der Waals surface area contributed by atoms with Gasteiger partial charge in [0.05, 0.1) is 17.1 Å². The van der Waals surface area contributed by atoms with Crippen molar-refractivity contribution >= 4 is 49.0 Å². The summed E-state index contributed by atoms with van der Waals surface area (Å²) in [4.78, 5) is 17.5. The van der Waals surface area contributed by atoms with Crippen LogP contribution in [0, 0.1) is 12.3 Å². The van der Waals surface area contributed by atoms with E-state index in [4.69, 9.17) is 11.2 Å². The fraction of sp³-hybridized carbons (Fsp3) is 0.150. The molecule has 27 heavy (non-hydrogen) atoms. The first-order valence-electron chi connectivity index (χ1n) is 8.15. The number of benzene rings is 2. The highest BCUT2D eigenvalue weighted by Gasteiger charge is 2.10. The summed E-state index contributed by atoms with van der Waals surface area (Å²) < 4.78 is 8.54. The Morgan fingerprint density at radius 2 is 2.00 bits per heavy atom. The Morgan fingerprint density at radius 3 is 2.74 bits per heavy atom. The topological polar surface area (TPSA) is 56.5 Å². The molecule has 0 aliphatic rings. The van der Waals surface area contributed by atoms with E-state index in [2.05, 4.69) is 47.9 Å². The van der Waals surface area contributed by atoms with Gasteiger partial charge in [-0.25, -0.2) is 4.98 Å². The Labute approximate surface area is 173 Å². The zero-order chi connectivity index (χ0) is 19.4. The van der Waals surface area contributed by atoms with Crippen molar-refractivity contribution in [2.24, 2.45) is 5.10 Å². The van der Waals surface area contributed by atoms with Crippen molar-refractivity contribution in [1.29, 1.82) is 0 Å². The second-order valence-corrected chi connectivity index (χ2v) is 7.41. The van der Waals surface area contributed by atoms with E-state index in [-0.39, 0.29) is 12.2 Å². The van der Waals surface area contributed by atoms with E-state index in [1.54, 1.807) is 18.3 Å². The molecule has 0 amide bonds. The summed E-state index contributed by atoms with van der Waals surface area (Å²) in [5, 5.41) is 4.88. The van der Waals surface area contributed by atoms with Gasteiger partial charge in [0.1, 0.15) is 18.2 Å². The summed E-state index contributed by atoms with van der Waals surface area (Å²) in [6.45, 7) is 2.08. The molecule has 0 aliphatic carbocycles. The number of hydrogen-bond donors (Lipinski definition) is 0. The van der Waals surface area contributed by atoms with Gasteiger partial charge >= 0.3 is 0 Å². The smallest absolute Gasteiger partial charge is 0.282 e. The lowest BCUT2D eigenvalue weighted by atomic mass is 10.2. The molecule has 0 fully saturated rings. The molecule has 0 aliphatic heterocycles. The lowest BCUT2D eigenvalue weighted by Gasteiger charge is -2.09. The highest BCUT2D eigenvalue weighted by atomic mass is 79.9. The molecule has 7 heteroatoms. The minimum Gasteiger partial charge on any atom is -0.480 e. The molecule has 3 aromatic rings. The summed E-state index contributed by atoms with van der Waals surface area (Å²) in [6.07, 6.45) is 7.41. The third-order valence-corrected chi connectivity index (χ3v) is 4.77. The van der Waals surface area contributed by atoms with Crippen LogP contribution in [-0.2, 0) is 6.42 Å². The summed E-state index contributed by atoms with van der Waals surface area (Å²) in [7, 11) is 0. The van der Waals surface area contributed by atoms with Crippen LogP contribution in [0.4, 0.5) is 0 Å². The number of ether oxygens (including phenoxy) is 1. The van der Waals surface area contributed by atoms with E-state index < -0.39 is 0 Å². The minimum atomic E-state index is -0.226. The molecule has 0 spiro atoms. The average molecular weight is 489 g/mol. The van der Waals surface area contributed by atoms with Crippen LogP contribution in [0.15, 0.2) is 55.2 Å². The van der Waals surface area contributed by atoms with Crippen molar-refractivity contribution in [3.63, 3.8) is 0 Å². The maximum Gasteiger partial charge on any atom is 0.282 e. The maximum atomic E-state index is 12.9. The molecule has 0 atom stereocenters. The van der Waals surface area contributed by atoms with Crippen LogP contribution < -0.4 is 10.3 Å². The molecule has 0 N–H and O–H groups in total. The van der Waals surface area contributed by atoms with E-state index in [9.17, 15) is 4.79 Å². The van der Waals surface area contributed by atoms with Crippen LogP contribution in [0.5, 0.6) is 5.75 Å². The molecule has 1 aromatic heterocycles. The zero-order valence-electron chi connectivity index (χ0n) is 14.4. The van der Waals surface area contributed by atoms with Crippen molar-refractivity contribution in [2.75, 3.05) is 6.61 Å². The molecule has 0 bridgehead atoms. The Morgan fingerprint density at radius 1 is 1.26 bits per heavy atom. The Kier molecular flexibility index (Phi) is 6.09. The normalized spacial score (nSPS) is 11.0. The Bertz CT molecular complexity index is 1130. The zero-order valence-corrected chi connectivity index (χ0v) is 17.6. The second-order valence-electron chi connectivity index (χ2n) is 5.58. The van der Waals surface area contributed by atoms with Crippen LogP contribution in [0.2, 0.25) is 0 Å². The van der Waals surface area contributed by atoms with Crippen LogP contribution in [0.3, 0.4) is 0 Å². The van der Waals surface area contributed by atoms with E-state index in [0.29, 0.717) is 34.5 Å². The Hall–Kier alpha value is -2.43. The van der Waals surface area contributed by atoms with E-state index >= 15 is 0 Å². The second kappa shape index (κ2) is 8.51. The van der Waals surface area contributed by atoms with Gasteiger partial charge in [-0.2, -0.15) is 9.78 Å². The molecule has 136 valence electrons. The van der Waals surface area contributed by atoms with E-state index in [0.717, 1.165) is 8.95 Å². The highest BCUT2D eigenvalue weighted by molar-refractivity contribution is 9.10. The van der Waals surface area contributed by atoms with Gasteiger partial charge in [-0.3, -0.25) is 4.79 Å².